The lowest BCUT2D eigenvalue weighted by atomic mass is 10.1. The maximum absolute atomic E-state index is 13.2. The van der Waals surface area contributed by atoms with Crippen molar-refractivity contribution in [3.8, 4) is 11.8 Å². The average Bonchev–Trinajstić information content (AvgIpc) is 2.83. The first kappa shape index (κ1) is 22.1. The van der Waals surface area contributed by atoms with Crippen LogP contribution in [0, 0.1) is 11.8 Å². The van der Waals surface area contributed by atoms with Crippen LogP contribution >= 0.6 is 0 Å². The number of halogens is 3. The molecule has 1 saturated heterocycles. The van der Waals surface area contributed by atoms with E-state index in [-0.39, 0.29) is 18.7 Å². The molecule has 1 fully saturated rings. The van der Waals surface area contributed by atoms with Crippen molar-refractivity contribution in [3.05, 3.63) is 83.2 Å². The fourth-order valence-electron chi connectivity index (χ4n) is 3.46. The van der Waals surface area contributed by atoms with E-state index in [0.29, 0.717) is 30.3 Å². The minimum atomic E-state index is -4.58. The van der Waals surface area contributed by atoms with Crippen LogP contribution in [0.25, 0.3) is 0 Å². The van der Waals surface area contributed by atoms with Crippen LogP contribution in [0.3, 0.4) is 0 Å². The summed E-state index contributed by atoms with van der Waals surface area (Å²) in [5.41, 5.74) is 6.54. The van der Waals surface area contributed by atoms with Crippen LogP contribution < -0.4 is 10.6 Å². The number of hydrogen-bond acceptors (Lipinski definition) is 5. The van der Waals surface area contributed by atoms with Gasteiger partial charge in [0.1, 0.15) is 0 Å². The maximum Gasteiger partial charge on any atom is 0.417 e. The number of hydrogen-bond donors (Lipinski definition) is 1. The van der Waals surface area contributed by atoms with Gasteiger partial charge in [-0.25, -0.2) is 9.97 Å². The number of amides is 1. The van der Waals surface area contributed by atoms with Gasteiger partial charge in [-0.15, -0.1) is 0 Å². The lowest BCUT2D eigenvalue weighted by Gasteiger charge is -2.35. The van der Waals surface area contributed by atoms with E-state index >= 15 is 0 Å². The molecule has 4 rings (SSSR count). The molecule has 2 heterocycles. The number of alkyl halides is 3. The summed E-state index contributed by atoms with van der Waals surface area (Å²) in [6.45, 7) is 1.37. The van der Waals surface area contributed by atoms with Crippen LogP contribution in [0.15, 0.2) is 60.9 Å². The van der Waals surface area contributed by atoms with Crippen LogP contribution in [-0.4, -0.2) is 47.0 Å². The number of rotatable bonds is 2. The van der Waals surface area contributed by atoms with Gasteiger partial charge in [0.05, 0.1) is 16.7 Å². The van der Waals surface area contributed by atoms with Crippen molar-refractivity contribution >= 4 is 17.5 Å². The van der Waals surface area contributed by atoms with Crippen molar-refractivity contribution in [2.24, 2.45) is 0 Å². The molecule has 0 atom stereocenters. The number of carbonyl (C=O) groups is 1. The van der Waals surface area contributed by atoms with Gasteiger partial charge in [0.25, 0.3) is 5.91 Å². The van der Waals surface area contributed by atoms with Gasteiger partial charge in [-0.1, -0.05) is 24.0 Å². The van der Waals surface area contributed by atoms with E-state index in [4.69, 9.17) is 5.73 Å². The van der Waals surface area contributed by atoms with Gasteiger partial charge < -0.3 is 15.5 Å². The molecule has 0 bridgehead atoms. The Balaban J connectivity index is 1.39. The average molecular weight is 451 g/mol. The van der Waals surface area contributed by atoms with Crippen LogP contribution in [0.2, 0.25) is 0 Å². The summed E-state index contributed by atoms with van der Waals surface area (Å²) >= 11 is 0. The van der Waals surface area contributed by atoms with E-state index in [1.807, 2.05) is 17.0 Å². The first-order chi connectivity index (χ1) is 15.8. The summed E-state index contributed by atoms with van der Waals surface area (Å²) in [6, 6.07) is 12.0. The fraction of sp³-hybridized carbons (Fsp3) is 0.208. The summed E-state index contributed by atoms with van der Waals surface area (Å²) in [7, 11) is 0. The van der Waals surface area contributed by atoms with E-state index in [1.54, 1.807) is 24.5 Å². The first-order valence-electron chi connectivity index (χ1n) is 10.2. The number of nitrogens with zero attached hydrogens (tertiary/aromatic N) is 4. The van der Waals surface area contributed by atoms with Gasteiger partial charge in [0.2, 0.25) is 5.95 Å². The van der Waals surface area contributed by atoms with Gasteiger partial charge in [0, 0.05) is 49.8 Å². The Morgan fingerprint density at radius 3 is 2.12 bits per heavy atom. The molecular weight excluding hydrogens is 431 g/mol. The zero-order valence-corrected chi connectivity index (χ0v) is 17.5. The molecule has 0 saturated carbocycles. The minimum Gasteiger partial charge on any atom is -0.399 e. The zero-order valence-electron chi connectivity index (χ0n) is 17.5. The lowest BCUT2D eigenvalue weighted by Crippen LogP contribution is -2.49. The molecule has 3 aromatic rings. The molecule has 9 heteroatoms. The summed E-state index contributed by atoms with van der Waals surface area (Å²) in [4.78, 5) is 24.7. The number of nitrogen functional groups attached to an aromatic ring is 1. The van der Waals surface area contributed by atoms with Gasteiger partial charge >= 0.3 is 6.18 Å². The van der Waals surface area contributed by atoms with Crippen molar-refractivity contribution in [3.63, 3.8) is 0 Å². The van der Waals surface area contributed by atoms with Gasteiger partial charge in [-0.05, 0) is 36.4 Å². The number of aromatic nitrogens is 2. The maximum atomic E-state index is 13.2. The third-order valence-corrected chi connectivity index (χ3v) is 5.21. The number of anilines is 2. The summed E-state index contributed by atoms with van der Waals surface area (Å²) in [5, 5.41) is 0. The Hall–Kier alpha value is -4.06. The van der Waals surface area contributed by atoms with Crippen LogP contribution in [-0.2, 0) is 6.18 Å². The Labute approximate surface area is 188 Å². The van der Waals surface area contributed by atoms with Crippen molar-refractivity contribution < 1.29 is 18.0 Å². The second kappa shape index (κ2) is 9.20. The second-order valence-electron chi connectivity index (χ2n) is 7.47. The molecule has 1 aliphatic rings. The molecular formula is C24H20F3N5O. The largest absolute Gasteiger partial charge is 0.417 e. The lowest BCUT2D eigenvalue weighted by molar-refractivity contribution is -0.138. The first-order valence-corrected chi connectivity index (χ1v) is 10.2. The monoisotopic (exact) mass is 451 g/mol. The molecule has 2 aromatic carbocycles. The van der Waals surface area contributed by atoms with Crippen LogP contribution in [0.1, 0.15) is 27.0 Å². The standard InChI is InChI=1S/C24H20F3N5O/c25-24(26,27)21-4-2-1-3-20(21)22(33)31-11-13-32(14-12-31)23-29-15-18(16-30-23)6-5-17-7-9-19(28)10-8-17/h1-4,7-10,15-16H,11-14,28H2. The third kappa shape index (κ3) is 5.23. The Bertz CT molecular complexity index is 1190. The Kier molecular flexibility index (Phi) is 6.18. The second-order valence-corrected chi connectivity index (χ2v) is 7.47. The van der Waals surface area contributed by atoms with E-state index in [1.165, 1.54) is 23.1 Å². The van der Waals surface area contributed by atoms with Crippen molar-refractivity contribution in [2.75, 3.05) is 36.8 Å². The van der Waals surface area contributed by atoms with E-state index in [9.17, 15) is 18.0 Å². The molecule has 0 spiro atoms. The van der Waals surface area contributed by atoms with Crippen LogP contribution in [0.5, 0.6) is 0 Å². The quantitative estimate of drug-likeness (QED) is 0.477. The molecule has 33 heavy (non-hydrogen) atoms. The number of piperazine rings is 1. The van der Waals surface area contributed by atoms with Crippen molar-refractivity contribution in [1.82, 2.24) is 14.9 Å². The van der Waals surface area contributed by atoms with Crippen molar-refractivity contribution in [2.45, 2.75) is 6.18 Å². The van der Waals surface area contributed by atoms with Crippen LogP contribution in [0.4, 0.5) is 24.8 Å². The highest BCUT2D eigenvalue weighted by Gasteiger charge is 2.36. The van der Waals surface area contributed by atoms with Gasteiger partial charge in [-0.3, -0.25) is 4.79 Å². The molecule has 0 radical (unpaired) electrons. The summed E-state index contributed by atoms with van der Waals surface area (Å²) < 4.78 is 39.7. The fourth-order valence-corrected chi connectivity index (χ4v) is 3.46. The van der Waals surface area contributed by atoms with E-state index in [0.717, 1.165) is 11.6 Å². The Morgan fingerprint density at radius 2 is 1.48 bits per heavy atom. The highest BCUT2D eigenvalue weighted by Crippen LogP contribution is 2.32. The smallest absolute Gasteiger partial charge is 0.399 e. The summed E-state index contributed by atoms with van der Waals surface area (Å²) in [5.74, 6) is 5.86. The number of carbonyl (C=O) groups excluding carboxylic acids is 1. The SMILES string of the molecule is Nc1ccc(C#Cc2cnc(N3CCN(C(=O)c4ccccc4C(F)(F)F)CC3)nc2)cc1. The highest BCUT2D eigenvalue weighted by atomic mass is 19.4. The van der Waals surface area contributed by atoms with E-state index in [2.05, 4.69) is 21.8 Å². The molecule has 6 nitrogen and oxygen atoms in total. The Morgan fingerprint density at radius 1 is 0.879 bits per heavy atom. The number of nitrogens with two attached hydrogens (primary N) is 1. The third-order valence-electron chi connectivity index (χ3n) is 5.21. The minimum absolute atomic E-state index is 0.271. The topological polar surface area (TPSA) is 75.3 Å². The molecule has 1 amide bonds. The molecule has 1 aliphatic heterocycles. The number of benzene rings is 2. The molecule has 0 aliphatic carbocycles. The zero-order chi connectivity index (χ0) is 23.4. The van der Waals surface area contributed by atoms with Gasteiger partial charge in [-0.2, -0.15) is 13.2 Å². The van der Waals surface area contributed by atoms with Crippen molar-refractivity contribution in [1.29, 1.82) is 0 Å². The molecule has 0 unspecified atom stereocenters. The predicted molar refractivity (Wildman–Crippen MR) is 118 cm³/mol. The highest BCUT2D eigenvalue weighted by molar-refractivity contribution is 5.96. The predicted octanol–water partition coefficient (Wildman–Crippen LogP) is 3.44. The molecule has 2 N–H and O–H groups in total. The van der Waals surface area contributed by atoms with E-state index < -0.39 is 17.6 Å². The molecule has 168 valence electrons. The summed E-state index contributed by atoms with van der Waals surface area (Å²) in [6.07, 6.45) is -1.35. The molecule has 1 aromatic heterocycles. The normalized spacial score (nSPS) is 13.9. The van der Waals surface area contributed by atoms with Gasteiger partial charge in [0.15, 0.2) is 0 Å².